The lowest BCUT2D eigenvalue weighted by atomic mass is 10.2. The molecule has 1 saturated heterocycles. The van der Waals surface area contributed by atoms with Crippen LogP contribution in [0.15, 0.2) is 0 Å². The SMILES string of the molecule is CCN(CC)CC(=O)N1CCNCC1C. The van der Waals surface area contributed by atoms with Crippen molar-refractivity contribution in [2.45, 2.75) is 26.8 Å². The number of carbonyl (C=O) groups excluding carboxylic acids is 1. The Hall–Kier alpha value is -0.610. The van der Waals surface area contributed by atoms with Crippen LogP contribution in [0, 0.1) is 0 Å². The molecule has 88 valence electrons. The van der Waals surface area contributed by atoms with Crippen molar-refractivity contribution in [1.29, 1.82) is 0 Å². The molecule has 0 radical (unpaired) electrons. The molecule has 0 spiro atoms. The van der Waals surface area contributed by atoms with Crippen LogP contribution in [0.5, 0.6) is 0 Å². The molecule has 1 aliphatic heterocycles. The van der Waals surface area contributed by atoms with Crippen LogP contribution in [0.1, 0.15) is 20.8 Å². The lowest BCUT2D eigenvalue weighted by molar-refractivity contribution is -0.135. The van der Waals surface area contributed by atoms with Gasteiger partial charge in [-0.1, -0.05) is 13.8 Å². The van der Waals surface area contributed by atoms with Crippen molar-refractivity contribution in [2.24, 2.45) is 0 Å². The predicted molar refractivity (Wildman–Crippen MR) is 61.8 cm³/mol. The predicted octanol–water partition coefficient (Wildman–Crippen LogP) is 0.149. The summed E-state index contributed by atoms with van der Waals surface area (Å²) in [6.07, 6.45) is 0. The highest BCUT2D eigenvalue weighted by molar-refractivity contribution is 5.78. The van der Waals surface area contributed by atoms with Gasteiger partial charge in [0, 0.05) is 25.7 Å². The fourth-order valence-electron chi connectivity index (χ4n) is 1.94. The maximum Gasteiger partial charge on any atom is 0.237 e. The third-order valence-corrected chi connectivity index (χ3v) is 3.07. The first-order chi connectivity index (χ1) is 7.19. The second-order valence-corrected chi connectivity index (χ2v) is 4.10. The van der Waals surface area contributed by atoms with E-state index in [1.165, 1.54) is 0 Å². The molecule has 1 unspecified atom stereocenters. The minimum absolute atomic E-state index is 0.271. The van der Waals surface area contributed by atoms with E-state index < -0.39 is 0 Å². The van der Waals surface area contributed by atoms with E-state index in [1.807, 2.05) is 4.90 Å². The van der Waals surface area contributed by atoms with Gasteiger partial charge >= 0.3 is 0 Å². The maximum atomic E-state index is 12.0. The highest BCUT2D eigenvalue weighted by Crippen LogP contribution is 2.03. The normalized spacial score (nSPS) is 22.1. The Morgan fingerprint density at radius 1 is 1.47 bits per heavy atom. The molecular weight excluding hydrogens is 190 g/mol. The Morgan fingerprint density at radius 3 is 2.67 bits per heavy atom. The van der Waals surface area contributed by atoms with Gasteiger partial charge in [-0.05, 0) is 20.0 Å². The van der Waals surface area contributed by atoms with Crippen LogP contribution < -0.4 is 5.32 Å². The average molecular weight is 213 g/mol. The molecule has 0 aromatic heterocycles. The molecule has 1 amide bonds. The molecule has 4 nitrogen and oxygen atoms in total. The molecule has 0 aromatic rings. The average Bonchev–Trinajstić information content (AvgIpc) is 2.26. The first-order valence-corrected chi connectivity index (χ1v) is 5.91. The second kappa shape index (κ2) is 6.08. The Labute approximate surface area is 92.6 Å². The smallest absolute Gasteiger partial charge is 0.237 e. The van der Waals surface area contributed by atoms with Crippen molar-refractivity contribution in [3.8, 4) is 0 Å². The topological polar surface area (TPSA) is 35.6 Å². The van der Waals surface area contributed by atoms with Gasteiger partial charge in [0.25, 0.3) is 0 Å². The van der Waals surface area contributed by atoms with E-state index in [0.717, 1.165) is 32.7 Å². The Kier molecular flexibility index (Phi) is 5.05. The van der Waals surface area contributed by atoms with Gasteiger partial charge in [0.2, 0.25) is 5.91 Å². The summed E-state index contributed by atoms with van der Waals surface area (Å²) >= 11 is 0. The summed E-state index contributed by atoms with van der Waals surface area (Å²) in [7, 11) is 0. The third-order valence-electron chi connectivity index (χ3n) is 3.07. The number of hydrogen-bond donors (Lipinski definition) is 1. The number of amides is 1. The van der Waals surface area contributed by atoms with E-state index >= 15 is 0 Å². The van der Waals surface area contributed by atoms with Crippen LogP contribution in [0.4, 0.5) is 0 Å². The quantitative estimate of drug-likeness (QED) is 0.722. The molecule has 1 rings (SSSR count). The van der Waals surface area contributed by atoms with Gasteiger partial charge in [-0.2, -0.15) is 0 Å². The lowest BCUT2D eigenvalue weighted by Crippen LogP contribution is -2.54. The zero-order chi connectivity index (χ0) is 11.3. The molecule has 0 aliphatic carbocycles. The van der Waals surface area contributed by atoms with Crippen molar-refractivity contribution in [1.82, 2.24) is 15.1 Å². The number of hydrogen-bond acceptors (Lipinski definition) is 3. The van der Waals surface area contributed by atoms with Gasteiger partial charge in [-0.3, -0.25) is 9.69 Å². The fourth-order valence-corrected chi connectivity index (χ4v) is 1.94. The van der Waals surface area contributed by atoms with Crippen molar-refractivity contribution in [3.05, 3.63) is 0 Å². The Morgan fingerprint density at radius 2 is 2.13 bits per heavy atom. The van der Waals surface area contributed by atoms with E-state index in [1.54, 1.807) is 0 Å². The van der Waals surface area contributed by atoms with E-state index in [0.29, 0.717) is 12.6 Å². The summed E-state index contributed by atoms with van der Waals surface area (Å²) in [4.78, 5) is 16.2. The summed E-state index contributed by atoms with van der Waals surface area (Å²) in [6.45, 7) is 11.4. The highest BCUT2D eigenvalue weighted by Gasteiger charge is 2.23. The van der Waals surface area contributed by atoms with Crippen LogP contribution in [0.3, 0.4) is 0 Å². The first-order valence-electron chi connectivity index (χ1n) is 5.91. The van der Waals surface area contributed by atoms with E-state index in [2.05, 4.69) is 31.0 Å². The lowest BCUT2D eigenvalue weighted by Gasteiger charge is -2.35. The van der Waals surface area contributed by atoms with Crippen LogP contribution in [-0.4, -0.2) is 61.0 Å². The van der Waals surface area contributed by atoms with Gasteiger partial charge in [-0.25, -0.2) is 0 Å². The van der Waals surface area contributed by atoms with E-state index in [-0.39, 0.29) is 5.91 Å². The molecule has 1 heterocycles. The van der Waals surface area contributed by atoms with Gasteiger partial charge in [0.1, 0.15) is 0 Å². The van der Waals surface area contributed by atoms with E-state index in [4.69, 9.17) is 0 Å². The van der Waals surface area contributed by atoms with Crippen molar-refractivity contribution in [3.63, 3.8) is 0 Å². The van der Waals surface area contributed by atoms with Crippen LogP contribution in [0.25, 0.3) is 0 Å². The summed E-state index contributed by atoms with van der Waals surface area (Å²) in [5.74, 6) is 0.271. The minimum atomic E-state index is 0.271. The van der Waals surface area contributed by atoms with Gasteiger partial charge in [-0.15, -0.1) is 0 Å². The zero-order valence-corrected chi connectivity index (χ0v) is 10.1. The minimum Gasteiger partial charge on any atom is -0.336 e. The molecule has 4 heteroatoms. The molecule has 0 aromatic carbocycles. The number of nitrogens with zero attached hydrogens (tertiary/aromatic N) is 2. The molecule has 1 fully saturated rings. The van der Waals surface area contributed by atoms with Crippen LogP contribution in [0.2, 0.25) is 0 Å². The third kappa shape index (κ3) is 3.47. The van der Waals surface area contributed by atoms with E-state index in [9.17, 15) is 4.79 Å². The Balaban J connectivity index is 2.44. The summed E-state index contributed by atoms with van der Waals surface area (Å²) in [5.41, 5.74) is 0. The highest BCUT2D eigenvalue weighted by atomic mass is 16.2. The zero-order valence-electron chi connectivity index (χ0n) is 10.1. The fraction of sp³-hybridized carbons (Fsp3) is 0.909. The maximum absolute atomic E-state index is 12.0. The molecule has 1 atom stereocenters. The number of piperazine rings is 1. The first kappa shape index (κ1) is 12.5. The van der Waals surface area contributed by atoms with Gasteiger partial charge < -0.3 is 10.2 Å². The monoisotopic (exact) mass is 213 g/mol. The Bertz CT molecular complexity index is 204. The molecule has 1 N–H and O–H groups in total. The molecule has 1 aliphatic rings. The van der Waals surface area contributed by atoms with Crippen molar-refractivity contribution < 1.29 is 4.79 Å². The van der Waals surface area contributed by atoms with Crippen molar-refractivity contribution >= 4 is 5.91 Å². The number of likely N-dealkylation sites (N-methyl/N-ethyl adjacent to an activating group) is 1. The standard InChI is InChI=1S/C11H23N3O/c1-4-13(5-2)9-11(15)14-7-6-12-8-10(14)3/h10,12H,4-9H2,1-3H3. The molecule has 0 bridgehead atoms. The number of nitrogens with one attached hydrogen (secondary N) is 1. The van der Waals surface area contributed by atoms with Gasteiger partial charge in [0.05, 0.1) is 6.54 Å². The van der Waals surface area contributed by atoms with Gasteiger partial charge in [0.15, 0.2) is 0 Å². The number of rotatable bonds is 4. The van der Waals surface area contributed by atoms with Crippen molar-refractivity contribution in [2.75, 3.05) is 39.3 Å². The molecule has 0 saturated carbocycles. The second-order valence-electron chi connectivity index (χ2n) is 4.10. The summed E-state index contributed by atoms with van der Waals surface area (Å²) in [6, 6.07) is 0.335. The summed E-state index contributed by atoms with van der Waals surface area (Å²) < 4.78 is 0. The molecule has 15 heavy (non-hydrogen) atoms. The largest absolute Gasteiger partial charge is 0.336 e. The number of carbonyl (C=O) groups is 1. The van der Waals surface area contributed by atoms with Crippen LogP contribution >= 0.6 is 0 Å². The molecular formula is C11H23N3O. The summed E-state index contributed by atoms with van der Waals surface area (Å²) in [5, 5.41) is 3.29. The van der Waals surface area contributed by atoms with Crippen LogP contribution in [-0.2, 0) is 4.79 Å².